The molecule has 0 aliphatic rings. The van der Waals surface area contributed by atoms with Crippen LogP contribution in [0.25, 0.3) is 0 Å². The molecule has 1 aromatic carbocycles. The van der Waals surface area contributed by atoms with Crippen molar-refractivity contribution in [1.82, 2.24) is 10.2 Å². The van der Waals surface area contributed by atoms with Crippen LogP contribution in [0.5, 0.6) is 0 Å². The molecule has 0 bridgehead atoms. The lowest BCUT2D eigenvalue weighted by molar-refractivity contribution is -0.123. The van der Waals surface area contributed by atoms with E-state index in [2.05, 4.69) is 16.3 Å². The molecule has 1 unspecified atom stereocenters. The minimum Gasteiger partial charge on any atom is -0.351 e. The number of hydrogen-bond acceptors (Lipinski definition) is 3. The van der Waals surface area contributed by atoms with Gasteiger partial charge in [0.05, 0.1) is 6.04 Å². The molecule has 6 heteroatoms. The average Bonchev–Trinajstić information content (AvgIpc) is 2.35. The smallest absolute Gasteiger partial charge is 0.237 e. The molecule has 0 heterocycles. The molecule has 122 valence electrons. The third-order valence-electron chi connectivity index (χ3n) is 3.08. The number of carbonyl (C=O) groups is 1. The van der Waals surface area contributed by atoms with Crippen LogP contribution in [-0.2, 0) is 17.9 Å². The minimum atomic E-state index is -0.444. The highest BCUT2D eigenvalue weighted by Gasteiger charge is 2.16. The molecule has 0 saturated carbocycles. The summed E-state index contributed by atoms with van der Waals surface area (Å²) >= 11 is 0. The number of nitrogens with two attached hydrogens (primary N) is 1. The Morgan fingerprint density at radius 3 is 2.19 bits per heavy atom. The monoisotopic (exact) mass is 335 g/mol. The molecule has 0 aliphatic heterocycles. The Labute approximate surface area is 140 Å². The van der Waals surface area contributed by atoms with Crippen molar-refractivity contribution in [3.63, 3.8) is 0 Å². The minimum absolute atomic E-state index is 0. The molecular formula is C15H27Cl2N3O. The van der Waals surface area contributed by atoms with Gasteiger partial charge in [-0.05, 0) is 31.1 Å². The maximum Gasteiger partial charge on any atom is 0.237 e. The fourth-order valence-corrected chi connectivity index (χ4v) is 1.83. The highest BCUT2D eigenvalue weighted by molar-refractivity contribution is 5.85. The standard InChI is InChI=1S/C15H25N3O.2ClH/c1-11(2)14(16)15(19)17-9-12-7-5-6-8-13(12)10-18(3)4;;/h5-8,11,14H,9-10,16H2,1-4H3,(H,17,19);2*1H. The van der Waals surface area contributed by atoms with Crippen molar-refractivity contribution in [2.75, 3.05) is 14.1 Å². The fourth-order valence-electron chi connectivity index (χ4n) is 1.83. The van der Waals surface area contributed by atoms with Crippen LogP contribution in [0.4, 0.5) is 0 Å². The van der Waals surface area contributed by atoms with Gasteiger partial charge in [0.25, 0.3) is 0 Å². The van der Waals surface area contributed by atoms with Gasteiger partial charge in [-0.1, -0.05) is 38.1 Å². The van der Waals surface area contributed by atoms with Crippen LogP contribution in [0.1, 0.15) is 25.0 Å². The Balaban J connectivity index is 0. The maximum atomic E-state index is 11.8. The second kappa shape index (κ2) is 10.9. The molecule has 0 spiro atoms. The Morgan fingerprint density at radius 1 is 1.19 bits per heavy atom. The molecular weight excluding hydrogens is 309 g/mol. The van der Waals surface area contributed by atoms with Gasteiger partial charge in [-0.3, -0.25) is 4.79 Å². The number of amides is 1. The van der Waals surface area contributed by atoms with Gasteiger partial charge in [0.15, 0.2) is 0 Å². The molecule has 1 atom stereocenters. The SMILES string of the molecule is CC(C)C(N)C(=O)NCc1ccccc1CN(C)C.Cl.Cl. The predicted octanol–water partition coefficient (Wildman–Crippen LogP) is 2.19. The Kier molecular flexibility index (Phi) is 11.6. The molecule has 0 radical (unpaired) electrons. The van der Waals surface area contributed by atoms with E-state index < -0.39 is 6.04 Å². The second-order valence-electron chi connectivity index (χ2n) is 5.49. The van der Waals surface area contributed by atoms with E-state index in [0.29, 0.717) is 6.54 Å². The predicted molar refractivity (Wildman–Crippen MR) is 93.0 cm³/mol. The van der Waals surface area contributed by atoms with Crippen molar-refractivity contribution in [3.05, 3.63) is 35.4 Å². The summed E-state index contributed by atoms with van der Waals surface area (Å²) in [6, 6.07) is 7.69. The zero-order valence-corrected chi connectivity index (χ0v) is 14.8. The molecule has 0 fully saturated rings. The van der Waals surface area contributed by atoms with E-state index in [0.717, 1.165) is 12.1 Å². The van der Waals surface area contributed by atoms with E-state index in [1.165, 1.54) is 5.56 Å². The molecule has 0 aliphatic carbocycles. The number of carbonyl (C=O) groups excluding carboxylic acids is 1. The first-order valence-electron chi connectivity index (χ1n) is 6.66. The summed E-state index contributed by atoms with van der Waals surface area (Å²) in [6.07, 6.45) is 0. The number of hydrogen-bond donors (Lipinski definition) is 2. The normalized spacial score (nSPS) is 11.6. The van der Waals surface area contributed by atoms with Gasteiger partial charge >= 0.3 is 0 Å². The van der Waals surface area contributed by atoms with E-state index >= 15 is 0 Å². The molecule has 21 heavy (non-hydrogen) atoms. The van der Waals surface area contributed by atoms with Crippen LogP contribution >= 0.6 is 24.8 Å². The van der Waals surface area contributed by atoms with E-state index in [9.17, 15) is 4.79 Å². The third-order valence-corrected chi connectivity index (χ3v) is 3.08. The number of halogens is 2. The number of rotatable bonds is 6. The fraction of sp³-hybridized carbons (Fsp3) is 0.533. The highest BCUT2D eigenvalue weighted by Crippen LogP contribution is 2.10. The summed E-state index contributed by atoms with van der Waals surface area (Å²) in [5, 5.41) is 2.91. The lowest BCUT2D eigenvalue weighted by Gasteiger charge is -2.17. The highest BCUT2D eigenvalue weighted by atomic mass is 35.5. The molecule has 1 amide bonds. The first-order valence-corrected chi connectivity index (χ1v) is 6.66. The first kappa shape index (κ1) is 22.5. The maximum absolute atomic E-state index is 11.8. The topological polar surface area (TPSA) is 58.4 Å². The number of nitrogens with one attached hydrogen (secondary N) is 1. The zero-order valence-electron chi connectivity index (χ0n) is 13.1. The largest absolute Gasteiger partial charge is 0.351 e. The van der Waals surface area contributed by atoms with Crippen LogP contribution in [0.2, 0.25) is 0 Å². The summed E-state index contributed by atoms with van der Waals surface area (Å²) in [7, 11) is 4.06. The molecule has 4 nitrogen and oxygen atoms in total. The van der Waals surface area contributed by atoms with Gasteiger partial charge in [0.1, 0.15) is 0 Å². The van der Waals surface area contributed by atoms with Crippen molar-refractivity contribution in [3.8, 4) is 0 Å². The molecule has 1 aromatic rings. The van der Waals surface area contributed by atoms with Crippen molar-refractivity contribution in [2.45, 2.75) is 33.0 Å². The Morgan fingerprint density at radius 2 is 1.71 bits per heavy atom. The van der Waals surface area contributed by atoms with Crippen LogP contribution < -0.4 is 11.1 Å². The van der Waals surface area contributed by atoms with E-state index in [1.54, 1.807) is 0 Å². The molecule has 0 saturated heterocycles. The summed E-state index contributed by atoms with van der Waals surface area (Å²) < 4.78 is 0. The van der Waals surface area contributed by atoms with Gasteiger partial charge in [-0.2, -0.15) is 0 Å². The van der Waals surface area contributed by atoms with Crippen LogP contribution in [-0.4, -0.2) is 30.9 Å². The van der Waals surface area contributed by atoms with Gasteiger partial charge in [-0.25, -0.2) is 0 Å². The summed E-state index contributed by atoms with van der Waals surface area (Å²) in [5.74, 6) is 0.0617. The van der Waals surface area contributed by atoms with Crippen molar-refractivity contribution in [1.29, 1.82) is 0 Å². The molecule has 1 rings (SSSR count). The van der Waals surface area contributed by atoms with E-state index in [1.807, 2.05) is 46.1 Å². The lowest BCUT2D eigenvalue weighted by Crippen LogP contribution is -2.43. The van der Waals surface area contributed by atoms with Crippen molar-refractivity contribution in [2.24, 2.45) is 11.7 Å². The Hall–Kier alpha value is -0.810. The van der Waals surface area contributed by atoms with Gasteiger partial charge in [-0.15, -0.1) is 24.8 Å². The van der Waals surface area contributed by atoms with Crippen LogP contribution in [0, 0.1) is 5.92 Å². The average molecular weight is 336 g/mol. The van der Waals surface area contributed by atoms with Crippen molar-refractivity contribution >= 4 is 30.7 Å². The zero-order chi connectivity index (χ0) is 14.4. The first-order chi connectivity index (χ1) is 8.91. The molecule has 3 N–H and O–H groups in total. The Bertz CT molecular complexity index is 425. The number of benzene rings is 1. The molecule has 0 aromatic heterocycles. The van der Waals surface area contributed by atoms with Gasteiger partial charge in [0.2, 0.25) is 5.91 Å². The van der Waals surface area contributed by atoms with Gasteiger partial charge in [0, 0.05) is 13.1 Å². The summed E-state index contributed by atoms with van der Waals surface area (Å²) in [5.41, 5.74) is 8.19. The quantitative estimate of drug-likeness (QED) is 0.837. The lowest BCUT2D eigenvalue weighted by atomic mass is 10.0. The second-order valence-corrected chi connectivity index (χ2v) is 5.49. The van der Waals surface area contributed by atoms with Crippen molar-refractivity contribution < 1.29 is 4.79 Å². The third kappa shape index (κ3) is 7.67. The summed E-state index contributed by atoms with van der Waals surface area (Å²) in [6.45, 7) is 5.29. The summed E-state index contributed by atoms with van der Waals surface area (Å²) in [4.78, 5) is 14.0. The van der Waals surface area contributed by atoms with E-state index in [-0.39, 0.29) is 36.6 Å². The van der Waals surface area contributed by atoms with Crippen LogP contribution in [0.15, 0.2) is 24.3 Å². The van der Waals surface area contributed by atoms with E-state index in [4.69, 9.17) is 5.73 Å². The number of nitrogens with zero attached hydrogens (tertiary/aromatic N) is 1. The van der Waals surface area contributed by atoms with Gasteiger partial charge < -0.3 is 16.0 Å². The van der Waals surface area contributed by atoms with Crippen LogP contribution in [0.3, 0.4) is 0 Å².